The molecule has 0 spiro atoms. The monoisotopic (exact) mass is 398 g/mol. The zero-order valence-corrected chi connectivity index (χ0v) is 16.3. The van der Waals surface area contributed by atoms with Crippen molar-refractivity contribution in [1.82, 2.24) is 19.8 Å². The number of ether oxygens (including phenoxy) is 1. The van der Waals surface area contributed by atoms with E-state index in [1.807, 2.05) is 4.90 Å². The van der Waals surface area contributed by atoms with Crippen LogP contribution in [0, 0.1) is 5.82 Å². The quantitative estimate of drug-likeness (QED) is 0.790. The number of nitrogens with zero attached hydrogens (tertiary/aromatic N) is 4. The molecule has 3 heterocycles. The smallest absolute Gasteiger partial charge is 0.260 e. The average molecular weight is 398 g/mol. The van der Waals surface area contributed by atoms with Crippen LogP contribution in [0.1, 0.15) is 42.9 Å². The van der Waals surface area contributed by atoms with Gasteiger partial charge in [0.2, 0.25) is 5.91 Å². The molecule has 0 saturated carbocycles. The summed E-state index contributed by atoms with van der Waals surface area (Å²) in [6, 6.07) is 5.53. The lowest BCUT2D eigenvalue weighted by molar-refractivity contribution is -0.134. The van der Waals surface area contributed by atoms with E-state index in [0.717, 1.165) is 30.6 Å². The van der Waals surface area contributed by atoms with Gasteiger partial charge in [-0.15, -0.1) is 0 Å². The third kappa shape index (κ3) is 4.21. The normalized spacial score (nSPS) is 18.5. The minimum atomic E-state index is -0.347. The second kappa shape index (κ2) is 8.14. The summed E-state index contributed by atoms with van der Waals surface area (Å²) in [4.78, 5) is 37.0. The van der Waals surface area contributed by atoms with E-state index >= 15 is 0 Å². The van der Waals surface area contributed by atoms with Gasteiger partial charge in [0.25, 0.3) is 5.91 Å². The van der Waals surface area contributed by atoms with E-state index in [-0.39, 0.29) is 30.3 Å². The van der Waals surface area contributed by atoms with Gasteiger partial charge in [0.15, 0.2) is 12.4 Å². The Hall–Kier alpha value is -3.03. The van der Waals surface area contributed by atoms with Gasteiger partial charge in [-0.1, -0.05) is 0 Å². The number of hydrogen-bond acceptors (Lipinski definition) is 5. The number of carbonyl (C=O) groups is 2. The Balaban J connectivity index is 1.39. The summed E-state index contributed by atoms with van der Waals surface area (Å²) >= 11 is 0. The Labute approximate surface area is 168 Å². The molecule has 0 radical (unpaired) electrons. The predicted octanol–water partition coefficient (Wildman–Crippen LogP) is 2.26. The lowest BCUT2D eigenvalue weighted by Crippen LogP contribution is -2.39. The molecule has 0 N–H and O–H groups in total. The van der Waals surface area contributed by atoms with E-state index < -0.39 is 0 Å². The summed E-state index contributed by atoms with van der Waals surface area (Å²) in [6.45, 7) is 3.21. The van der Waals surface area contributed by atoms with Gasteiger partial charge in [-0.2, -0.15) is 0 Å². The summed E-state index contributed by atoms with van der Waals surface area (Å²) in [6.07, 6.45) is 4.25. The fourth-order valence-corrected chi connectivity index (χ4v) is 3.88. The van der Waals surface area contributed by atoms with Gasteiger partial charge >= 0.3 is 0 Å². The highest BCUT2D eigenvalue weighted by Crippen LogP contribution is 2.30. The predicted molar refractivity (Wildman–Crippen MR) is 102 cm³/mol. The molecule has 8 heteroatoms. The number of likely N-dealkylation sites (tertiary alicyclic amines) is 1. The highest BCUT2D eigenvalue weighted by atomic mass is 19.1. The Bertz CT molecular complexity index is 919. The van der Waals surface area contributed by atoms with Gasteiger partial charge in [-0.3, -0.25) is 9.59 Å². The molecule has 1 atom stereocenters. The maximum Gasteiger partial charge on any atom is 0.260 e. The lowest BCUT2D eigenvalue weighted by Gasteiger charge is -2.29. The van der Waals surface area contributed by atoms with Crippen LogP contribution >= 0.6 is 0 Å². The van der Waals surface area contributed by atoms with Crippen LogP contribution < -0.4 is 4.74 Å². The molecule has 2 aromatic rings. The van der Waals surface area contributed by atoms with Crippen molar-refractivity contribution in [2.45, 2.75) is 38.8 Å². The molecule has 1 aromatic carbocycles. The third-order valence-electron chi connectivity index (χ3n) is 5.44. The fraction of sp³-hybridized carbons (Fsp3) is 0.429. The largest absolute Gasteiger partial charge is 0.484 e. The average Bonchev–Trinajstić information content (AvgIpc) is 3.22. The SMILES string of the molecule is CC(=O)N1CCCC1c1ncc2c(n1)CCN(C(=O)COc1ccc(F)cc1)C2. The lowest BCUT2D eigenvalue weighted by atomic mass is 10.1. The zero-order chi connectivity index (χ0) is 20.4. The minimum Gasteiger partial charge on any atom is -0.484 e. The Morgan fingerprint density at radius 2 is 2.03 bits per heavy atom. The van der Waals surface area contributed by atoms with Crippen molar-refractivity contribution in [2.75, 3.05) is 19.7 Å². The molecule has 1 aromatic heterocycles. The Morgan fingerprint density at radius 3 is 2.79 bits per heavy atom. The number of rotatable bonds is 4. The first-order valence-corrected chi connectivity index (χ1v) is 9.79. The van der Waals surface area contributed by atoms with Crippen LogP contribution in [0.3, 0.4) is 0 Å². The van der Waals surface area contributed by atoms with Crippen LogP contribution in [-0.2, 0) is 22.6 Å². The maximum atomic E-state index is 12.9. The van der Waals surface area contributed by atoms with Crippen molar-refractivity contribution in [2.24, 2.45) is 0 Å². The van der Waals surface area contributed by atoms with Crippen LogP contribution in [0.5, 0.6) is 5.75 Å². The highest BCUT2D eigenvalue weighted by Gasteiger charge is 2.31. The summed E-state index contributed by atoms with van der Waals surface area (Å²) in [7, 11) is 0. The van der Waals surface area contributed by atoms with Crippen LogP contribution in [-0.4, -0.2) is 51.3 Å². The van der Waals surface area contributed by atoms with E-state index in [9.17, 15) is 14.0 Å². The number of fused-ring (bicyclic) bond motifs is 1. The number of halogens is 1. The summed E-state index contributed by atoms with van der Waals surface area (Å²) < 4.78 is 18.4. The molecule has 0 aliphatic carbocycles. The van der Waals surface area contributed by atoms with Crippen LogP contribution in [0.15, 0.2) is 30.5 Å². The number of benzene rings is 1. The topological polar surface area (TPSA) is 75.6 Å². The molecule has 29 heavy (non-hydrogen) atoms. The van der Waals surface area contributed by atoms with Crippen molar-refractivity contribution in [3.63, 3.8) is 0 Å². The molecule has 2 aliphatic rings. The molecule has 7 nitrogen and oxygen atoms in total. The van der Waals surface area contributed by atoms with Crippen molar-refractivity contribution >= 4 is 11.8 Å². The standard InChI is InChI=1S/C21H23FN4O3/c1-14(27)26-9-2-3-19(26)21-23-11-15-12-25(10-8-18(15)24-21)20(28)13-29-17-6-4-16(22)5-7-17/h4-7,11,19H,2-3,8-10,12-13H2,1H3. The number of amides is 2. The molecular formula is C21H23FN4O3. The fourth-order valence-electron chi connectivity index (χ4n) is 3.88. The molecule has 1 saturated heterocycles. The van der Waals surface area contributed by atoms with E-state index in [2.05, 4.69) is 4.98 Å². The van der Waals surface area contributed by atoms with Gasteiger partial charge in [0, 0.05) is 44.7 Å². The van der Waals surface area contributed by atoms with E-state index in [1.165, 1.54) is 24.3 Å². The number of carbonyl (C=O) groups excluding carboxylic acids is 2. The molecule has 1 fully saturated rings. The first-order chi connectivity index (χ1) is 14.0. The van der Waals surface area contributed by atoms with E-state index in [4.69, 9.17) is 9.72 Å². The number of aromatic nitrogens is 2. The highest BCUT2D eigenvalue weighted by molar-refractivity contribution is 5.78. The molecular weight excluding hydrogens is 375 g/mol. The van der Waals surface area contributed by atoms with Crippen LogP contribution in [0.4, 0.5) is 4.39 Å². The van der Waals surface area contributed by atoms with Crippen molar-refractivity contribution < 1.29 is 18.7 Å². The molecule has 2 amide bonds. The maximum absolute atomic E-state index is 12.9. The van der Waals surface area contributed by atoms with E-state index in [0.29, 0.717) is 31.1 Å². The van der Waals surface area contributed by atoms with Gasteiger partial charge in [-0.25, -0.2) is 14.4 Å². The first-order valence-electron chi connectivity index (χ1n) is 9.79. The molecule has 2 aliphatic heterocycles. The molecule has 4 rings (SSSR count). The number of hydrogen-bond donors (Lipinski definition) is 0. The van der Waals surface area contributed by atoms with Gasteiger partial charge in [0.1, 0.15) is 11.6 Å². The van der Waals surface area contributed by atoms with Gasteiger partial charge in [-0.05, 0) is 37.1 Å². The summed E-state index contributed by atoms with van der Waals surface area (Å²) in [5, 5.41) is 0. The molecule has 1 unspecified atom stereocenters. The van der Waals surface area contributed by atoms with Crippen molar-refractivity contribution in [3.05, 3.63) is 53.4 Å². The second-order valence-electron chi connectivity index (χ2n) is 7.38. The summed E-state index contributed by atoms with van der Waals surface area (Å²) in [5.74, 6) is 0.710. The summed E-state index contributed by atoms with van der Waals surface area (Å²) in [5.41, 5.74) is 1.86. The third-order valence-corrected chi connectivity index (χ3v) is 5.44. The second-order valence-corrected chi connectivity index (χ2v) is 7.38. The van der Waals surface area contributed by atoms with Crippen molar-refractivity contribution in [1.29, 1.82) is 0 Å². The van der Waals surface area contributed by atoms with Crippen LogP contribution in [0.2, 0.25) is 0 Å². The Morgan fingerprint density at radius 1 is 1.24 bits per heavy atom. The Kier molecular flexibility index (Phi) is 5.42. The first kappa shape index (κ1) is 19.3. The molecule has 152 valence electrons. The minimum absolute atomic E-state index is 0.0479. The van der Waals surface area contributed by atoms with Gasteiger partial charge < -0.3 is 14.5 Å². The van der Waals surface area contributed by atoms with Crippen LogP contribution in [0.25, 0.3) is 0 Å². The molecule has 0 bridgehead atoms. The van der Waals surface area contributed by atoms with Gasteiger partial charge in [0.05, 0.1) is 11.7 Å². The van der Waals surface area contributed by atoms with E-state index in [1.54, 1.807) is 18.0 Å². The van der Waals surface area contributed by atoms with Crippen molar-refractivity contribution in [3.8, 4) is 5.75 Å². The zero-order valence-electron chi connectivity index (χ0n) is 16.3.